The molecule has 0 rings (SSSR count). The minimum absolute atomic E-state index is 0.0353. The molecular weight excluding hydrogens is 326 g/mol. The van der Waals surface area contributed by atoms with Gasteiger partial charge in [-0.3, -0.25) is 0 Å². The van der Waals surface area contributed by atoms with Crippen molar-refractivity contribution in [2.24, 2.45) is 37.9 Å². The standard InChI is InChI=1S/C26H55N/c1-19(2,3)20(4,5)21(6,7)22(8,9)23(10,11)24(12,13)25(14,15)26(16,17)27-18/h27H,1-18H3. The first-order chi connectivity index (χ1) is 11.3. The Morgan fingerprint density at radius 1 is 0.333 bits per heavy atom. The monoisotopic (exact) mass is 381 g/mol. The first-order valence-corrected chi connectivity index (χ1v) is 11.0. The van der Waals surface area contributed by atoms with Crippen LogP contribution >= 0.6 is 0 Å². The van der Waals surface area contributed by atoms with Crippen molar-refractivity contribution in [3.63, 3.8) is 0 Å². The Bertz CT molecular complexity index is 519. The van der Waals surface area contributed by atoms with Crippen molar-refractivity contribution in [3.8, 4) is 0 Å². The van der Waals surface area contributed by atoms with Crippen LogP contribution in [0.1, 0.15) is 118 Å². The van der Waals surface area contributed by atoms with Gasteiger partial charge in [0.1, 0.15) is 0 Å². The van der Waals surface area contributed by atoms with Crippen LogP contribution in [0.2, 0.25) is 0 Å². The Balaban J connectivity index is 6.65. The molecule has 0 aromatic heterocycles. The molecule has 0 radical (unpaired) electrons. The first-order valence-electron chi connectivity index (χ1n) is 11.0. The maximum atomic E-state index is 3.60. The summed E-state index contributed by atoms with van der Waals surface area (Å²) in [7, 11) is 2.10. The zero-order valence-electron chi connectivity index (χ0n) is 22.5. The molecule has 0 saturated carbocycles. The van der Waals surface area contributed by atoms with Gasteiger partial charge in [-0.25, -0.2) is 0 Å². The van der Waals surface area contributed by atoms with Gasteiger partial charge in [0.05, 0.1) is 0 Å². The fourth-order valence-electron chi connectivity index (χ4n) is 5.16. The van der Waals surface area contributed by atoms with Gasteiger partial charge in [0, 0.05) is 5.54 Å². The summed E-state index contributed by atoms with van der Waals surface area (Å²) in [4.78, 5) is 0. The van der Waals surface area contributed by atoms with Crippen molar-refractivity contribution in [2.45, 2.75) is 123 Å². The van der Waals surface area contributed by atoms with Gasteiger partial charge >= 0.3 is 0 Å². The van der Waals surface area contributed by atoms with Crippen LogP contribution in [0.5, 0.6) is 0 Å². The van der Waals surface area contributed by atoms with Gasteiger partial charge in [0.15, 0.2) is 0 Å². The van der Waals surface area contributed by atoms with Crippen LogP contribution < -0.4 is 5.32 Å². The molecule has 164 valence electrons. The Morgan fingerprint density at radius 3 is 0.778 bits per heavy atom. The van der Waals surface area contributed by atoms with Gasteiger partial charge in [-0.15, -0.1) is 0 Å². The molecule has 0 heterocycles. The Labute approximate surface area is 173 Å². The molecule has 0 aliphatic rings. The third-order valence-electron chi connectivity index (χ3n) is 11.9. The van der Waals surface area contributed by atoms with E-state index in [0.29, 0.717) is 0 Å². The summed E-state index contributed by atoms with van der Waals surface area (Å²) in [5.74, 6) is 0. The maximum absolute atomic E-state index is 3.60. The topological polar surface area (TPSA) is 12.0 Å². The average molecular weight is 382 g/mol. The van der Waals surface area contributed by atoms with E-state index in [2.05, 4.69) is 130 Å². The molecule has 0 saturated heterocycles. The molecular formula is C26H55N. The lowest BCUT2D eigenvalue weighted by Crippen LogP contribution is -2.66. The molecule has 0 amide bonds. The van der Waals surface area contributed by atoms with Gasteiger partial charge in [0.2, 0.25) is 0 Å². The number of hydrogen-bond acceptors (Lipinski definition) is 1. The highest BCUT2D eigenvalue weighted by Crippen LogP contribution is 2.70. The SMILES string of the molecule is CNC(C)(C)C(C)(C)C(C)(C)C(C)(C)C(C)(C)C(C)(C)C(C)(C)C(C)(C)C. The van der Waals surface area contributed by atoms with E-state index in [1.807, 2.05) is 0 Å². The third kappa shape index (κ3) is 3.43. The highest BCUT2D eigenvalue weighted by Gasteiger charge is 2.64. The van der Waals surface area contributed by atoms with E-state index in [9.17, 15) is 0 Å². The van der Waals surface area contributed by atoms with E-state index in [1.165, 1.54) is 0 Å². The summed E-state index contributed by atoms with van der Waals surface area (Å²) in [6.45, 7) is 41.8. The van der Waals surface area contributed by atoms with Crippen LogP contribution in [-0.2, 0) is 0 Å². The summed E-state index contributed by atoms with van der Waals surface area (Å²) in [5, 5.41) is 3.60. The Morgan fingerprint density at radius 2 is 0.556 bits per heavy atom. The molecule has 0 aliphatic carbocycles. The zero-order valence-corrected chi connectivity index (χ0v) is 22.5. The van der Waals surface area contributed by atoms with Gasteiger partial charge in [-0.05, 0) is 58.8 Å². The highest BCUT2D eigenvalue weighted by atomic mass is 15.0. The third-order valence-corrected chi connectivity index (χ3v) is 11.9. The lowest BCUT2D eigenvalue weighted by atomic mass is 9.36. The van der Waals surface area contributed by atoms with Crippen LogP contribution in [0.3, 0.4) is 0 Å². The van der Waals surface area contributed by atoms with Gasteiger partial charge < -0.3 is 5.32 Å². The molecule has 0 spiro atoms. The fraction of sp³-hybridized carbons (Fsp3) is 1.00. The quantitative estimate of drug-likeness (QED) is 0.468. The van der Waals surface area contributed by atoms with Gasteiger partial charge in [-0.2, -0.15) is 0 Å². The van der Waals surface area contributed by atoms with Crippen molar-refractivity contribution in [2.75, 3.05) is 7.05 Å². The normalized spacial score (nSPS) is 16.7. The van der Waals surface area contributed by atoms with Crippen LogP contribution in [-0.4, -0.2) is 12.6 Å². The van der Waals surface area contributed by atoms with E-state index in [-0.39, 0.29) is 43.4 Å². The van der Waals surface area contributed by atoms with E-state index in [1.54, 1.807) is 0 Å². The smallest absolute Gasteiger partial charge is 0.0178 e. The van der Waals surface area contributed by atoms with Crippen molar-refractivity contribution < 1.29 is 0 Å². The minimum atomic E-state index is 0.0353. The zero-order chi connectivity index (χ0) is 22.7. The summed E-state index contributed by atoms with van der Waals surface area (Å²) < 4.78 is 0. The van der Waals surface area contributed by atoms with Crippen LogP contribution in [0, 0.1) is 37.9 Å². The lowest BCUT2D eigenvalue weighted by molar-refractivity contribution is -0.202. The van der Waals surface area contributed by atoms with Gasteiger partial charge in [0.25, 0.3) is 0 Å². The molecule has 1 nitrogen and oxygen atoms in total. The first kappa shape index (κ1) is 27.0. The van der Waals surface area contributed by atoms with E-state index in [4.69, 9.17) is 0 Å². The van der Waals surface area contributed by atoms with Gasteiger partial charge in [-0.1, -0.05) is 104 Å². The van der Waals surface area contributed by atoms with Crippen molar-refractivity contribution >= 4 is 0 Å². The molecule has 0 aromatic rings. The summed E-state index contributed by atoms with van der Waals surface area (Å²) in [6, 6.07) is 0. The molecule has 0 fully saturated rings. The number of nitrogens with one attached hydrogen (secondary N) is 1. The van der Waals surface area contributed by atoms with Crippen molar-refractivity contribution in [3.05, 3.63) is 0 Å². The van der Waals surface area contributed by atoms with E-state index in [0.717, 1.165) is 0 Å². The lowest BCUT2D eigenvalue weighted by Gasteiger charge is -2.69. The molecule has 1 N–H and O–H groups in total. The highest BCUT2D eigenvalue weighted by molar-refractivity contribution is 5.14. The number of hydrogen-bond donors (Lipinski definition) is 1. The number of rotatable bonds is 7. The van der Waals surface area contributed by atoms with E-state index < -0.39 is 0 Å². The summed E-state index contributed by atoms with van der Waals surface area (Å²) >= 11 is 0. The van der Waals surface area contributed by atoms with Crippen molar-refractivity contribution in [1.82, 2.24) is 5.32 Å². The molecule has 0 atom stereocenters. The molecule has 0 unspecified atom stereocenters. The maximum Gasteiger partial charge on any atom is 0.0178 e. The Hall–Kier alpha value is -0.0400. The summed E-state index contributed by atoms with van der Waals surface area (Å²) in [5.41, 5.74) is 0.990. The van der Waals surface area contributed by atoms with Crippen molar-refractivity contribution in [1.29, 1.82) is 0 Å². The Kier molecular flexibility index (Phi) is 6.74. The predicted molar refractivity (Wildman–Crippen MR) is 125 cm³/mol. The molecule has 27 heavy (non-hydrogen) atoms. The molecule has 0 aliphatic heterocycles. The average Bonchev–Trinajstić information content (AvgIpc) is 2.44. The molecule has 1 heteroatoms. The fourth-order valence-corrected chi connectivity index (χ4v) is 5.16. The van der Waals surface area contributed by atoms with Crippen LogP contribution in [0.15, 0.2) is 0 Å². The second-order valence-electron chi connectivity index (χ2n) is 13.9. The minimum Gasteiger partial charge on any atom is -0.314 e. The predicted octanol–water partition coefficient (Wildman–Crippen LogP) is 8.19. The van der Waals surface area contributed by atoms with Crippen LogP contribution in [0.4, 0.5) is 0 Å². The summed E-state index contributed by atoms with van der Waals surface area (Å²) in [6.07, 6.45) is 0. The molecule has 0 aromatic carbocycles. The van der Waals surface area contributed by atoms with E-state index >= 15 is 0 Å². The molecule has 0 bridgehead atoms. The second-order valence-corrected chi connectivity index (χ2v) is 13.9. The largest absolute Gasteiger partial charge is 0.314 e. The second kappa shape index (κ2) is 6.75. The van der Waals surface area contributed by atoms with Crippen LogP contribution in [0.25, 0.3) is 0 Å².